The molecule has 2 heterocycles. The van der Waals surface area contributed by atoms with E-state index in [0.717, 1.165) is 31.4 Å². The van der Waals surface area contributed by atoms with E-state index < -0.39 is 5.91 Å². The van der Waals surface area contributed by atoms with Crippen molar-refractivity contribution >= 4 is 29.2 Å². The molecule has 0 aliphatic heterocycles. The number of amides is 2. The lowest BCUT2D eigenvalue weighted by Gasteiger charge is -2.25. The molecule has 0 atom stereocenters. The minimum atomic E-state index is -0.431. The summed E-state index contributed by atoms with van der Waals surface area (Å²) in [5.41, 5.74) is 2.47. The number of carbonyl (C=O) groups excluding carboxylic acids is 2. The number of hydrogen-bond acceptors (Lipinski definition) is 5. The first-order chi connectivity index (χ1) is 15.5. The summed E-state index contributed by atoms with van der Waals surface area (Å²) in [6, 6.07) is 9.55. The van der Waals surface area contributed by atoms with Crippen LogP contribution in [0.25, 0.3) is 11.3 Å². The summed E-state index contributed by atoms with van der Waals surface area (Å²) in [7, 11) is 0. The van der Waals surface area contributed by atoms with Crippen molar-refractivity contribution in [2.24, 2.45) is 0 Å². The highest BCUT2D eigenvalue weighted by Crippen LogP contribution is 2.39. The number of benzene rings is 1. The normalized spacial score (nSPS) is 13.4. The van der Waals surface area contributed by atoms with Crippen LogP contribution >= 0.6 is 11.6 Å². The van der Waals surface area contributed by atoms with Crippen molar-refractivity contribution in [1.29, 1.82) is 0 Å². The number of nitrogens with one attached hydrogen (secondary N) is 2. The molecule has 0 bridgehead atoms. The van der Waals surface area contributed by atoms with Gasteiger partial charge in [-0.1, -0.05) is 24.9 Å². The molecular formula is C23H24ClN5O3. The molecule has 1 aromatic carbocycles. The first-order valence-electron chi connectivity index (χ1n) is 10.6. The van der Waals surface area contributed by atoms with E-state index in [1.54, 1.807) is 24.3 Å². The van der Waals surface area contributed by atoms with Gasteiger partial charge in [0.25, 0.3) is 5.91 Å². The highest BCUT2D eigenvalue weighted by Gasteiger charge is 2.27. The zero-order chi connectivity index (χ0) is 22.7. The van der Waals surface area contributed by atoms with Crippen LogP contribution in [0.2, 0.25) is 5.15 Å². The standard InChI is InChI=1S/C23H24ClN5O3/c1-2-10-26-23(32)29-19(14-5-3-6-14)13-18(28-29)16-9-8-15(12-20(16)30)27-22(31)17-7-4-11-25-21(17)24/h4,7-9,11-14,30H,2-3,5-6,10H2,1H3,(H,26,32)(H,27,31). The first kappa shape index (κ1) is 21.8. The van der Waals surface area contributed by atoms with E-state index in [2.05, 4.69) is 20.7 Å². The van der Waals surface area contributed by atoms with Gasteiger partial charge in [0.15, 0.2) is 0 Å². The highest BCUT2D eigenvalue weighted by atomic mass is 35.5. The molecule has 1 aliphatic carbocycles. The quantitative estimate of drug-likeness (QED) is 0.465. The lowest BCUT2D eigenvalue weighted by Crippen LogP contribution is -2.32. The fourth-order valence-corrected chi connectivity index (χ4v) is 3.78. The van der Waals surface area contributed by atoms with E-state index >= 15 is 0 Å². The number of pyridine rings is 1. The SMILES string of the molecule is CCCNC(=O)n1nc(-c2ccc(NC(=O)c3cccnc3Cl)cc2O)cc1C1CCC1. The van der Waals surface area contributed by atoms with Crippen molar-refractivity contribution in [2.45, 2.75) is 38.5 Å². The van der Waals surface area contributed by atoms with Gasteiger partial charge in [-0.15, -0.1) is 0 Å². The Balaban J connectivity index is 1.59. The van der Waals surface area contributed by atoms with Gasteiger partial charge in [0.05, 0.1) is 17.0 Å². The number of phenolic OH excluding ortho intramolecular Hbond substituents is 1. The van der Waals surface area contributed by atoms with Gasteiger partial charge in [0, 0.05) is 36.0 Å². The number of anilines is 1. The van der Waals surface area contributed by atoms with Crippen LogP contribution in [0, 0.1) is 0 Å². The number of halogens is 1. The monoisotopic (exact) mass is 453 g/mol. The largest absolute Gasteiger partial charge is 0.507 e. The Morgan fingerprint density at radius 2 is 2.06 bits per heavy atom. The van der Waals surface area contributed by atoms with E-state index in [1.165, 1.54) is 16.9 Å². The second-order valence-electron chi connectivity index (χ2n) is 7.75. The van der Waals surface area contributed by atoms with Gasteiger partial charge in [-0.2, -0.15) is 9.78 Å². The Morgan fingerprint density at radius 1 is 1.25 bits per heavy atom. The molecule has 166 valence electrons. The van der Waals surface area contributed by atoms with Crippen molar-refractivity contribution in [3.05, 3.63) is 59.0 Å². The Morgan fingerprint density at radius 3 is 2.72 bits per heavy atom. The lowest BCUT2D eigenvalue weighted by atomic mass is 9.82. The predicted octanol–water partition coefficient (Wildman–Crippen LogP) is 4.79. The summed E-state index contributed by atoms with van der Waals surface area (Å²) in [5.74, 6) is -0.202. The van der Waals surface area contributed by atoms with E-state index in [1.807, 2.05) is 13.0 Å². The second kappa shape index (κ2) is 9.40. The third-order valence-corrected chi connectivity index (χ3v) is 5.82. The van der Waals surface area contributed by atoms with E-state index in [-0.39, 0.29) is 28.4 Å². The van der Waals surface area contributed by atoms with Gasteiger partial charge >= 0.3 is 6.03 Å². The Kier molecular flexibility index (Phi) is 6.41. The molecule has 1 fully saturated rings. The molecule has 2 aromatic heterocycles. The topological polar surface area (TPSA) is 109 Å². The number of hydrogen-bond donors (Lipinski definition) is 3. The zero-order valence-corrected chi connectivity index (χ0v) is 18.4. The van der Waals surface area contributed by atoms with Gasteiger partial charge in [0.2, 0.25) is 0 Å². The summed E-state index contributed by atoms with van der Waals surface area (Å²) in [6.45, 7) is 2.56. The summed E-state index contributed by atoms with van der Waals surface area (Å²) in [6.07, 6.45) is 5.48. The Hall–Kier alpha value is -3.39. The molecule has 3 N–H and O–H groups in total. The zero-order valence-electron chi connectivity index (χ0n) is 17.6. The van der Waals surface area contributed by atoms with Crippen molar-refractivity contribution in [3.8, 4) is 17.0 Å². The number of rotatable bonds is 6. The number of carbonyl (C=O) groups is 2. The van der Waals surface area contributed by atoms with E-state index in [9.17, 15) is 14.7 Å². The van der Waals surface area contributed by atoms with Gasteiger partial charge in [-0.05, 0) is 49.6 Å². The molecule has 0 unspecified atom stereocenters. The van der Waals surface area contributed by atoms with Gasteiger partial charge in [-0.3, -0.25) is 4.79 Å². The molecule has 1 saturated carbocycles. The smallest absolute Gasteiger partial charge is 0.342 e. The minimum absolute atomic E-state index is 0.0566. The summed E-state index contributed by atoms with van der Waals surface area (Å²) < 4.78 is 1.41. The minimum Gasteiger partial charge on any atom is -0.507 e. The highest BCUT2D eigenvalue weighted by molar-refractivity contribution is 6.33. The fraction of sp³-hybridized carbons (Fsp3) is 0.304. The maximum atomic E-state index is 12.6. The summed E-state index contributed by atoms with van der Waals surface area (Å²) in [4.78, 5) is 28.9. The van der Waals surface area contributed by atoms with Crippen LogP contribution < -0.4 is 10.6 Å². The van der Waals surface area contributed by atoms with Crippen molar-refractivity contribution in [1.82, 2.24) is 20.1 Å². The average molecular weight is 454 g/mol. The Bertz CT molecular complexity index is 1160. The van der Waals surface area contributed by atoms with Crippen molar-refractivity contribution in [3.63, 3.8) is 0 Å². The molecule has 8 nitrogen and oxygen atoms in total. The molecule has 9 heteroatoms. The third-order valence-electron chi connectivity index (χ3n) is 5.51. The van der Waals surface area contributed by atoms with E-state index in [0.29, 0.717) is 23.5 Å². The van der Waals surface area contributed by atoms with Crippen molar-refractivity contribution in [2.75, 3.05) is 11.9 Å². The van der Waals surface area contributed by atoms with Crippen LogP contribution in [0.3, 0.4) is 0 Å². The van der Waals surface area contributed by atoms with Gasteiger partial charge in [0.1, 0.15) is 10.9 Å². The summed E-state index contributed by atoms with van der Waals surface area (Å²) >= 11 is 5.97. The fourth-order valence-electron chi connectivity index (χ4n) is 3.57. The molecule has 1 aliphatic rings. The lowest BCUT2D eigenvalue weighted by molar-refractivity contribution is 0.102. The van der Waals surface area contributed by atoms with E-state index in [4.69, 9.17) is 11.6 Å². The maximum Gasteiger partial charge on any atom is 0.342 e. The van der Waals surface area contributed by atoms with Crippen LogP contribution in [-0.2, 0) is 0 Å². The Labute approximate surface area is 190 Å². The number of phenols is 1. The van der Waals surface area contributed by atoms with Crippen molar-refractivity contribution < 1.29 is 14.7 Å². The van der Waals surface area contributed by atoms with Gasteiger partial charge in [-0.25, -0.2) is 9.78 Å². The number of aromatic nitrogens is 3. The first-order valence-corrected chi connectivity index (χ1v) is 11.0. The van der Waals surface area contributed by atoms with Crippen LogP contribution in [0.5, 0.6) is 5.75 Å². The second-order valence-corrected chi connectivity index (χ2v) is 8.11. The van der Waals surface area contributed by atoms with Crippen LogP contribution in [0.15, 0.2) is 42.6 Å². The molecule has 32 heavy (non-hydrogen) atoms. The van der Waals surface area contributed by atoms with Crippen LogP contribution in [0.4, 0.5) is 10.5 Å². The molecule has 0 spiro atoms. The molecule has 0 saturated heterocycles. The molecular weight excluding hydrogens is 430 g/mol. The van der Waals surface area contributed by atoms with Gasteiger partial charge < -0.3 is 15.7 Å². The molecule has 4 rings (SSSR count). The predicted molar refractivity (Wildman–Crippen MR) is 122 cm³/mol. The molecule has 3 aromatic rings. The number of aromatic hydroxyl groups is 1. The third kappa shape index (κ3) is 4.45. The molecule has 0 radical (unpaired) electrons. The van der Waals surface area contributed by atoms with Crippen LogP contribution in [-0.4, -0.2) is 38.4 Å². The van der Waals surface area contributed by atoms with Crippen LogP contribution in [0.1, 0.15) is 54.6 Å². The number of nitrogens with zero attached hydrogens (tertiary/aromatic N) is 3. The average Bonchev–Trinajstić information content (AvgIpc) is 3.15. The molecule has 2 amide bonds. The maximum absolute atomic E-state index is 12.6. The summed E-state index contributed by atoms with van der Waals surface area (Å²) in [5, 5.41) is 20.8.